The summed E-state index contributed by atoms with van der Waals surface area (Å²) in [6.07, 6.45) is 0. The molecule has 4 aromatic carbocycles. The molecule has 4 heteroatoms. The van der Waals surface area contributed by atoms with Crippen LogP contribution < -0.4 is 21.4 Å². The van der Waals surface area contributed by atoms with Gasteiger partial charge in [-0.15, -0.1) is 0 Å². The lowest BCUT2D eigenvalue weighted by Crippen LogP contribution is -2.41. The maximum Gasteiger partial charge on any atom is 0.495 e. The number of hydrogen-bond donors (Lipinski definition) is 0. The fraction of sp³-hybridized carbons (Fsp3) is 0.294. The van der Waals surface area contributed by atoms with Crippen LogP contribution in [-0.4, -0.2) is 18.3 Å². The molecular weight excluding hydrogens is 482 g/mol. The molecule has 38 heavy (non-hydrogen) atoms. The van der Waals surface area contributed by atoms with Crippen LogP contribution in [0.2, 0.25) is 0 Å². The van der Waals surface area contributed by atoms with Gasteiger partial charge < -0.3 is 9.31 Å². The van der Waals surface area contributed by atoms with E-state index >= 15 is 0 Å². The van der Waals surface area contributed by atoms with Crippen molar-refractivity contribution < 1.29 is 9.31 Å². The smallest absolute Gasteiger partial charge is 0.399 e. The Morgan fingerprint density at radius 2 is 1.11 bits per heavy atom. The highest BCUT2D eigenvalue weighted by Crippen LogP contribution is 2.40. The molecule has 0 bridgehead atoms. The van der Waals surface area contributed by atoms with Gasteiger partial charge in [0.25, 0.3) is 0 Å². The topological polar surface area (TPSA) is 18.5 Å². The molecule has 1 aliphatic rings. The zero-order valence-corrected chi connectivity index (χ0v) is 24.6. The normalized spacial score (nSPS) is 16.7. The molecule has 194 valence electrons. The maximum absolute atomic E-state index is 6.54. The lowest BCUT2D eigenvalue weighted by Gasteiger charge is -2.32. The molecule has 1 heterocycles. The van der Waals surface area contributed by atoms with Gasteiger partial charge in [-0.25, -0.2) is 0 Å². The van der Waals surface area contributed by atoms with Crippen LogP contribution in [0.15, 0.2) is 103 Å². The predicted molar refractivity (Wildman–Crippen MR) is 165 cm³/mol. The molecule has 0 saturated carbocycles. The van der Waals surface area contributed by atoms with E-state index in [9.17, 15) is 0 Å². The molecule has 0 aromatic heterocycles. The Labute approximate surface area is 230 Å². The summed E-state index contributed by atoms with van der Waals surface area (Å²) in [6.45, 7) is 15.3. The molecular formula is C34H38BO2P. The van der Waals surface area contributed by atoms with Crippen LogP contribution >= 0.6 is 7.92 Å². The molecule has 1 aliphatic heterocycles. The molecule has 0 atom stereocenters. The van der Waals surface area contributed by atoms with E-state index in [2.05, 4.69) is 152 Å². The van der Waals surface area contributed by atoms with Crippen LogP contribution in [0.25, 0.3) is 11.1 Å². The monoisotopic (exact) mass is 520 g/mol. The van der Waals surface area contributed by atoms with E-state index in [4.69, 9.17) is 9.31 Å². The van der Waals surface area contributed by atoms with Gasteiger partial charge in [-0.1, -0.05) is 118 Å². The summed E-state index contributed by atoms with van der Waals surface area (Å²) in [5.74, 6) is 0. The standard InChI is InChI=1S/C34H38BO2P/c1-32(2,3)25-22-23-29(28-20-14-15-21-30(28)35-36-33(4,5)34(6,7)37-35)31(24-25)38(26-16-10-8-11-17-26)27-18-12-9-13-19-27/h8-24H,1-7H3. The van der Waals surface area contributed by atoms with Gasteiger partial charge in [0.2, 0.25) is 0 Å². The van der Waals surface area contributed by atoms with Gasteiger partial charge in [0, 0.05) is 0 Å². The minimum absolute atomic E-state index is 0.0346. The molecule has 0 spiro atoms. The maximum atomic E-state index is 6.54. The first-order valence-corrected chi connectivity index (χ1v) is 14.8. The highest BCUT2D eigenvalue weighted by atomic mass is 31.1. The van der Waals surface area contributed by atoms with Crippen LogP contribution in [0.5, 0.6) is 0 Å². The second-order valence-electron chi connectivity index (χ2n) is 12.2. The van der Waals surface area contributed by atoms with Gasteiger partial charge in [0.1, 0.15) is 0 Å². The average molecular weight is 520 g/mol. The summed E-state index contributed by atoms with van der Waals surface area (Å²) in [7, 11) is -1.22. The van der Waals surface area contributed by atoms with Gasteiger partial charge in [-0.2, -0.15) is 0 Å². The van der Waals surface area contributed by atoms with E-state index in [0.717, 1.165) is 5.46 Å². The highest BCUT2D eigenvalue weighted by molar-refractivity contribution is 7.80. The van der Waals surface area contributed by atoms with E-state index in [-0.39, 0.29) is 5.41 Å². The van der Waals surface area contributed by atoms with Crippen molar-refractivity contribution >= 4 is 36.4 Å². The SMILES string of the molecule is CC(C)(C)c1ccc(-c2ccccc2B2OC(C)(C)C(C)(C)O2)c(P(c2ccccc2)c2ccccc2)c1. The molecule has 0 aliphatic carbocycles. The van der Waals surface area contributed by atoms with Crippen LogP contribution in [0.3, 0.4) is 0 Å². The summed E-state index contributed by atoms with van der Waals surface area (Å²) in [4.78, 5) is 0. The molecule has 0 radical (unpaired) electrons. The lowest BCUT2D eigenvalue weighted by molar-refractivity contribution is 0.00578. The van der Waals surface area contributed by atoms with Crippen molar-refractivity contribution in [3.05, 3.63) is 109 Å². The van der Waals surface area contributed by atoms with Crippen molar-refractivity contribution in [2.45, 2.75) is 65.1 Å². The Bertz CT molecular complexity index is 1350. The van der Waals surface area contributed by atoms with Crippen molar-refractivity contribution in [3.8, 4) is 11.1 Å². The number of benzene rings is 4. The highest BCUT2D eigenvalue weighted by Gasteiger charge is 2.52. The van der Waals surface area contributed by atoms with E-state index in [1.165, 1.54) is 32.6 Å². The quantitative estimate of drug-likeness (QED) is 0.215. The average Bonchev–Trinajstić information content (AvgIpc) is 3.11. The summed E-state index contributed by atoms with van der Waals surface area (Å²) < 4.78 is 13.1. The van der Waals surface area contributed by atoms with Crippen molar-refractivity contribution in [3.63, 3.8) is 0 Å². The lowest BCUT2D eigenvalue weighted by atomic mass is 9.74. The Kier molecular flexibility index (Phi) is 7.16. The second-order valence-corrected chi connectivity index (χ2v) is 14.3. The second kappa shape index (κ2) is 10.1. The first-order chi connectivity index (χ1) is 18.0. The van der Waals surface area contributed by atoms with Crippen molar-refractivity contribution in [1.29, 1.82) is 0 Å². The van der Waals surface area contributed by atoms with E-state index in [1.807, 2.05) is 0 Å². The van der Waals surface area contributed by atoms with Crippen molar-refractivity contribution in [2.24, 2.45) is 0 Å². The molecule has 0 N–H and O–H groups in total. The van der Waals surface area contributed by atoms with Crippen molar-refractivity contribution in [2.75, 3.05) is 0 Å². The number of hydrogen-bond acceptors (Lipinski definition) is 2. The van der Waals surface area contributed by atoms with Gasteiger partial charge in [-0.3, -0.25) is 0 Å². The van der Waals surface area contributed by atoms with E-state index in [1.54, 1.807) is 0 Å². The predicted octanol–water partition coefficient (Wildman–Crippen LogP) is 6.71. The van der Waals surface area contributed by atoms with Crippen LogP contribution in [0.4, 0.5) is 0 Å². The first-order valence-electron chi connectivity index (χ1n) is 13.5. The zero-order valence-electron chi connectivity index (χ0n) is 23.7. The van der Waals surface area contributed by atoms with Gasteiger partial charge in [0.15, 0.2) is 0 Å². The Morgan fingerprint density at radius 3 is 1.63 bits per heavy atom. The van der Waals surface area contributed by atoms with E-state index in [0.29, 0.717) is 0 Å². The van der Waals surface area contributed by atoms with Gasteiger partial charge in [-0.05, 0) is 85.2 Å². The zero-order chi connectivity index (χ0) is 27.1. The third-order valence-electron chi connectivity index (χ3n) is 7.89. The summed E-state index contributed by atoms with van der Waals surface area (Å²) in [6, 6.07) is 37.5. The molecule has 1 saturated heterocycles. The third-order valence-corrected chi connectivity index (χ3v) is 10.4. The molecule has 0 amide bonds. The fourth-order valence-corrected chi connectivity index (χ4v) is 7.41. The molecule has 5 rings (SSSR count). The Morgan fingerprint density at radius 1 is 0.605 bits per heavy atom. The largest absolute Gasteiger partial charge is 0.495 e. The van der Waals surface area contributed by atoms with Gasteiger partial charge >= 0.3 is 7.12 Å². The molecule has 0 unspecified atom stereocenters. The third kappa shape index (κ3) is 5.13. The first kappa shape index (κ1) is 26.9. The molecule has 2 nitrogen and oxygen atoms in total. The Balaban J connectivity index is 1.75. The van der Waals surface area contributed by atoms with Crippen LogP contribution in [-0.2, 0) is 14.7 Å². The van der Waals surface area contributed by atoms with Crippen LogP contribution in [0, 0.1) is 0 Å². The van der Waals surface area contributed by atoms with Gasteiger partial charge in [0.05, 0.1) is 11.2 Å². The molecule has 4 aromatic rings. The molecule has 1 fully saturated rings. The van der Waals surface area contributed by atoms with E-state index < -0.39 is 26.2 Å². The summed E-state index contributed by atoms with van der Waals surface area (Å²) in [5, 5.41) is 4.04. The number of rotatable bonds is 5. The Hall–Kier alpha value is -2.71. The fourth-order valence-electron chi connectivity index (χ4n) is 4.91. The van der Waals surface area contributed by atoms with Crippen LogP contribution in [0.1, 0.15) is 54.0 Å². The summed E-state index contributed by atoms with van der Waals surface area (Å²) >= 11 is 0. The minimum atomic E-state index is -0.798. The summed E-state index contributed by atoms with van der Waals surface area (Å²) in [5.41, 5.74) is 4.06. The minimum Gasteiger partial charge on any atom is -0.399 e. The van der Waals surface area contributed by atoms with Crippen molar-refractivity contribution in [1.82, 2.24) is 0 Å².